The van der Waals surface area contributed by atoms with Gasteiger partial charge in [-0.25, -0.2) is 0 Å². The summed E-state index contributed by atoms with van der Waals surface area (Å²) in [4.78, 5) is 25.4. The maximum absolute atomic E-state index is 11.8. The van der Waals surface area contributed by atoms with Gasteiger partial charge in [-0.15, -0.1) is 0 Å². The van der Waals surface area contributed by atoms with Gasteiger partial charge >= 0.3 is 11.8 Å². The van der Waals surface area contributed by atoms with Crippen LogP contribution in [0.5, 0.6) is 0 Å². The zero-order valence-electron chi connectivity index (χ0n) is 12.6. The zero-order chi connectivity index (χ0) is 15.9. The summed E-state index contributed by atoms with van der Waals surface area (Å²) in [5, 5.41) is 5.11. The normalized spacial score (nSPS) is 10.1. The number of nitrogens with one attached hydrogen (secondary N) is 2. The summed E-state index contributed by atoms with van der Waals surface area (Å²) in [6.45, 7) is 0.347. The molecule has 0 spiro atoms. The van der Waals surface area contributed by atoms with Gasteiger partial charge in [0.05, 0.1) is 6.26 Å². The van der Waals surface area contributed by atoms with Crippen LogP contribution in [0.4, 0.5) is 11.4 Å². The molecule has 0 bridgehead atoms. The SMILES string of the molecule is CN(C)c1ccc(NC(=O)C(=O)NCCc2ccco2)cc1. The maximum atomic E-state index is 11.8. The molecule has 0 unspecified atom stereocenters. The molecule has 0 radical (unpaired) electrons. The van der Waals surface area contributed by atoms with E-state index in [1.54, 1.807) is 24.5 Å². The van der Waals surface area contributed by atoms with Gasteiger partial charge in [0.1, 0.15) is 5.76 Å². The van der Waals surface area contributed by atoms with Gasteiger partial charge in [-0.2, -0.15) is 0 Å². The first-order chi connectivity index (χ1) is 10.6. The van der Waals surface area contributed by atoms with E-state index in [0.29, 0.717) is 18.7 Å². The Balaban J connectivity index is 1.79. The molecule has 0 saturated carbocycles. The Morgan fingerprint density at radius 3 is 2.41 bits per heavy atom. The van der Waals surface area contributed by atoms with Crippen LogP contribution in [0.15, 0.2) is 47.1 Å². The van der Waals surface area contributed by atoms with Crippen LogP contribution in [0.25, 0.3) is 0 Å². The number of furan rings is 1. The quantitative estimate of drug-likeness (QED) is 0.823. The van der Waals surface area contributed by atoms with Gasteiger partial charge in [0.25, 0.3) is 0 Å². The van der Waals surface area contributed by atoms with E-state index in [1.807, 2.05) is 37.2 Å². The molecule has 2 N–H and O–H groups in total. The highest BCUT2D eigenvalue weighted by atomic mass is 16.3. The summed E-state index contributed by atoms with van der Waals surface area (Å²) >= 11 is 0. The molecule has 6 nitrogen and oxygen atoms in total. The Morgan fingerprint density at radius 2 is 1.82 bits per heavy atom. The maximum Gasteiger partial charge on any atom is 0.313 e. The van der Waals surface area contributed by atoms with E-state index in [-0.39, 0.29) is 0 Å². The molecule has 1 heterocycles. The molecule has 0 fully saturated rings. The van der Waals surface area contributed by atoms with Crippen molar-refractivity contribution in [3.05, 3.63) is 48.4 Å². The molecule has 22 heavy (non-hydrogen) atoms. The highest BCUT2D eigenvalue weighted by Crippen LogP contribution is 2.15. The molecule has 116 valence electrons. The minimum atomic E-state index is -0.683. The van der Waals surface area contributed by atoms with Crippen molar-refractivity contribution in [3.63, 3.8) is 0 Å². The van der Waals surface area contributed by atoms with Crippen molar-refractivity contribution in [2.75, 3.05) is 30.9 Å². The van der Waals surface area contributed by atoms with E-state index >= 15 is 0 Å². The van der Waals surface area contributed by atoms with Gasteiger partial charge < -0.3 is 20.0 Å². The minimum absolute atomic E-state index is 0.347. The number of carbonyl (C=O) groups excluding carboxylic acids is 2. The molecule has 1 aromatic heterocycles. The minimum Gasteiger partial charge on any atom is -0.469 e. The zero-order valence-corrected chi connectivity index (χ0v) is 12.6. The van der Waals surface area contributed by atoms with Crippen molar-refractivity contribution in [2.24, 2.45) is 0 Å². The molecular weight excluding hydrogens is 282 g/mol. The molecule has 0 atom stereocenters. The lowest BCUT2D eigenvalue weighted by Crippen LogP contribution is -2.36. The van der Waals surface area contributed by atoms with Crippen LogP contribution in [0.3, 0.4) is 0 Å². The lowest BCUT2D eigenvalue weighted by Gasteiger charge is -2.13. The topological polar surface area (TPSA) is 74.6 Å². The molecular formula is C16H19N3O3. The Morgan fingerprint density at radius 1 is 1.09 bits per heavy atom. The predicted octanol–water partition coefficient (Wildman–Crippen LogP) is 1.64. The number of benzene rings is 1. The first-order valence-electron chi connectivity index (χ1n) is 6.95. The van der Waals surface area contributed by atoms with Gasteiger partial charge in [0.15, 0.2) is 0 Å². The summed E-state index contributed by atoms with van der Waals surface area (Å²) in [6.07, 6.45) is 2.12. The fraction of sp³-hybridized carbons (Fsp3) is 0.250. The highest BCUT2D eigenvalue weighted by molar-refractivity contribution is 6.39. The number of hydrogen-bond donors (Lipinski definition) is 2. The van der Waals surface area contributed by atoms with Crippen molar-refractivity contribution in [1.82, 2.24) is 5.32 Å². The molecule has 1 aromatic carbocycles. The monoisotopic (exact) mass is 301 g/mol. The molecule has 2 amide bonds. The lowest BCUT2D eigenvalue weighted by atomic mass is 10.2. The van der Waals surface area contributed by atoms with Gasteiger partial charge in [0, 0.05) is 38.4 Å². The first-order valence-corrected chi connectivity index (χ1v) is 6.95. The second kappa shape index (κ2) is 7.31. The molecule has 0 aliphatic rings. The number of rotatable bonds is 5. The van der Waals surface area contributed by atoms with Crippen LogP contribution < -0.4 is 15.5 Å². The van der Waals surface area contributed by atoms with Crippen molar-refractivity contribution >= 4 is 23.2 Å². The number of hydrogen-bond acceptors (Lipinski definition) is 4. The van der Waals surface area contributed by atoms with Crippen LogP contribution in [-0.4, -0.2) is 32.5 Å². The molecule has 6 heteroatoms. The molecule has 0 aliphatic carbocycles. The van der Waals surface area contributed by atoms with E-state index in [1.165, 1.54) is 0 Å². The second-order valence-corrected chi connectivity index (χ2v) is 4.98. The summed E-state index contributed by atoms with van der Waals surface area (Å²) in [5.74, 6) is -0.583. The summed E-state index contributed by atoms with van der Waals surface area (Å²) < 4.78 is 5.15. The average Bonchev–Trinajstić information content (AvgIpc) is 3.01. The number of nitrogens with zero attached hydrogens (tertiary/aromatic N) is 1. The van der Waals surface area contributed by atoms with Crippen LogP contribution in [0.2, 0.25) is 0 Å². The third-order valence-corrected chi connectivity index (χ3v) is 3.08. The van der Waals surface area contributed by atoms with Crippen molar-refractivity contribution < 1.29 is 14.0 Å². The van der Waals surface area contributed by atoms with Crippen molar-refractivity contribution in [3.8, 4) is 0 Å². The van der Waals surface area contributed by atoms with E-state index in [2.05, 4.69) is 10.6 Å². The van der Waals surface area contributed by atoms with Crippen LogP contribution in [0.1, 0.15) is 5.76 Å². The van der Waals surface area contributed by atoms with Gasteiger partial charge in [0.2, 0.25) is 0 Å². The smallest absolute Gasteiger partial charge is 0.313 e. The Kier molecular flexibility index (Phi) is 5.19. The third kappa shape index (κ3) is 4.37. The van der Waals surface area contributed by atoms with Crippen molar-refractivity contribution in [1.29, 1.82) is 0 Å². The Bertz CT molecular complexity index is 619. The van der Waals surface area contributed by atoms with Crippen LogP contribution in [0, 0.1) is 0 Å². The third-order valence-electron chi connectivity index (χ3n) is 3.08. The average molecular weight is 301 g/mol. The fourth-order valence-electron chi connectivity index (χ4n) is 1.87. The first kappa shape index (κ1) is 15.6. The van der Waals surface area contributed by atoms with Crippen LogP contribution in [-0.2, 0) is 16.0 Å². The highest BCUT2D eigenvalue weighted by Gasteiger charge is 2.13. The second-order valence-electron chi connectivity index (χ2n) is 4.98. The predicted molar refractivity (Wildman–Crippen MR) is 84.8 cm³/mol. The number of anilines is 2. The van der Waals surface area contributed by atoms with Crippen molar-refractivity contribution in [2.45, 2.75) is 6.42 Å². The largest absolute Gasteiger partial charge is 0.469 e. The van der Waals surface area contributed by atoms with E-state index in [4.69, 9.17) is 4.42 Å². The van der Waals surface area contributed by atoms with E-state index in [9.17, 15) is 9.59 Å². The molecule has 0 aliphatic heterocycles. The summed E-state index contributed by atoms with van der Waals surface area (Å²) in [5.41, 5.74) is 1.60. The Hall–Kier alpha value is -2.76. The molecule has 0 saturated heterocycles. The fourth-order valence-corrected chi connectivity index (χ4v) is 1.87. The molecule has 2 aromatic rings. The summed E-state index contributed by atoms with van der Waals surface area (Å²) in [6, 6.07) is 10.8. The van der Waals surface area contributed by atoms with E-state index in [0.717, 1.165) is 11.4 Å². The lowest BCUT2D eigenvalue weighted by molar-refractivity contribution is -0.136. The number of carbonyl (C=O) groups is 2. The van der Waals surface area contributed by atoms with E-state index < -0.39 is 11.8 Å². The van der Waals surface area contributed by atoms with Crippen LogP contribution >= 0.6 is 0 Å². The molecule has 2 rings (SSSR count). The Labute approximate surface area is 129 Å². The van der Waals surface area contributed by atoms with Gasteiger partial charge in [-0.1, -0.05) is 0 Å². The summed E-state index contributed by atoms with van der Waals surface area (Å²) in [7, 11) is 3.86. The number of amides is 2. The van der Waals surface area contributed by atoms with Gasteiger partial charge in [-0.3, -0.25) is 9.59 Å². The van der Waals surface area contributed by atoms with Gasteiger partial charge in [-0.05, 0) is 36.4 Å². The standard InChI is InChI=1S/C16H19N3O3/c1-19(2)13-7-5-12(6-8-13)18-16(21)15(20)17-10-9-14-4-3-11-22-14/h3-8,11H,9-10H2,1-2H3,(H,17,20)(H,18,21).